The summed E-state index contributed by atoms with van der Waals surface area (Å²) in [5, 5.41) is 5.24. The average molecular weight is 528 g/mol. The molecule has 11 heteroatoms. The first-order chi connectivity index (χ1) is 18.9. The van der Waals surface area contributed by atoms with Crippen LogP contribution in [0.25, 0.3) is 22.3 Å². The first-order valence-corrected chi connectivity index (χ1v) is 12.4. The first kappa shape index (κ1) is 25.6. The molecule has 1 aliphatic carbocycles. The third-order valence-corrected chi connectivity index (χ3v) is 6.47. The van der Waals surface area contributed by atoms with E-state index >= 15 is 4.39 Å². The second kappa shape index (κ2) is 11.1. The van der Waals surface area contributed by atoms with Crippen LogP contribution >= 0.6 is 0 Å². The molecule has 0 atom stereocenters. The van der Waals surface area contributed by atoms with Gasteiger partial charge in [-0.15, -0.1) is 0 Å². The molecule has 0 bridgehead atoms. The Morgan fingerprint density at radius 3 is 2.51 bits per heavy atom. The number of nitrogens with zero attached hydrogens (tertiary/aromatic N) is 4. The maximum absolute atomic E-state index is 15.4. The van der Waals surface area contributed by atoms with E-state index < -0.39 is 17.6 Å². The van der Waals surface area contributed by atoms with Gasteiger partial charge in [0.1, 0.15) is 35.2 Å². The van der Waals surface area contributed by atoms with Crippen LogP contribution in [0.3, 0.4) is 0 Å². The summed E-state index contributed by atoms with van der Waals surface area (Å²) in [6.45, 7) is 3.33. The van der Waals surface area contributed by atoms with Crippen LogP contribution in [0.4, 0.5) is 10.2 Å². The number of hydrogen-bond acceptors (Lipinski definition) is 7. The number of aromatic nitrogens is 4. The summed E-state index contributed by atoms with van der Waals surface area (Å²) in [6, 6.07) is 13.7. The summed E-state index contributed by atoms with van der Waals surface area (Å²) in [7, 11) is 0. The van der Waals surface area contributed by atoms with Gasteiger partial charge in [0.15, 0.2) is 5.65 Å². The van der Waals surface area contributed by atoms with Crippen LogP contribution in [0.15, 0.2) is 79.2 Å². The van der Waals surface area contributed by atoms with Gasteiger partial charge in [-0.2, -0.15) is 5.10 Å². The van der Waals surface area contributed by atoms with Crippen molar-refractivity contribution in [2.75, 3.05) is 5.73 Å². The SMILES string of the molecule is C=CC(=O)NNC(=O)C=C1CCC(n2nc(-c3ccc(Oc4ccccc4)cc3F)c3c(N)ncnc32)CC1. The van der Waals surface area contributed by atoms with Gasteiger partial charge in [0, 0.05) is 17.7 Å². The van der Waals surface area contributed by atoms with Crippen LogP contribution in [-0.4, -0.2) is 31.6 Å². The molecule has 1 fully saturated rings. The number of para-hydroxylation sites is 1. The van der Waals surface area contributed by atoms with Crippen molar-refractivity contribution >= 4 is 28.7 Å². The fourth-order valence-electron chi connectivity index (χ4n) is 4.57. The predicted octanol–water partition coefficient (Wildman–Crippen LogP) is 4.38. The number of halogens is 1. The molecule has 0 radical (unpaired) electrons. The molecule has 4 aromatic rings. The molecule has 2 amide bonds. The number of carbonyl (C=O) groups excluding carboxylic acids is 2. The zero-order valence-electron chi connectivity index (χ0n) is 20.9. The maximum Gasteiger partial charge on any atom is 0.262 e. The Morgan fingerprint density at radius 1 is 1.05 bits per heavy atom. The summed E-state index contributed by atoms with van der Waals surface area (Å²) in [6.07, 6.45) is 6.57. The molecule has 0 spiro atoms. The number of ether oxygens (including phenoxy) is 1. The van der Waals surface area contributed by atoms with Gasteiger partial charge in [0.05, 0.1) is 11.4 Å². The molecule has 39 heavy (non-hydrogen) atoms. The highest BCUT2D eigenvalue weighted by Gasteiger charge is 2.26. The predicted molar refractivity (Wildman–Crippen MR) is 144 cm³/mol. The van der Waals surface area contributed by atoms with Crippen molar-refractivity contribution in [2.24, 2.45) is 0 Å². The fraction of sp³-hybridized carbons (Fsp3) is 0.179. The summed E-state index contributed by atoms with van der Waals surface area (Å²) >= 11 is 0. The largest absolute Gasteiger partial charge is 0.457 e. The number of hydrogen-bond donors (Lipinski definition) is 3. The first-order valence-electron chi connectivity index (χ1n) is 12.4. The fourth-order valence-corrected chi connectivity index (χ4v) is 4.57. The molecule has 198 valence electrons. The third-order valence-electron chi connectivity index (χ3n) is 6.47. The molecule has 0 saturated heterocycles. The molecule has 1 saturated carbocycles. The lowest BCUT2D eigenvalue weighted by Crippen LogP contribution is -2.40. The van der Waals surface area contributed by atoms with E-state index in [0.29, 0.717) is 53.9 Å². The molecule has 4 N–H and O–H groups in total. The second-order valence-electron chi connectivity index (χ2n) is 9.02. The van der Waals surface area contributed by atoms with Crippen LogP contribution in [0.2, 0.25) is 0 Å². The highest BCUT2D eigenvalue weighted by Crippen LogP contribution is 2.38. The van der Waals surface area contributed by atoms with E-state index in [9.17, 15) is 9.59 Å². The minimum absolute atomic E-state index is 0.0417. The molecular weight excluding hydrogens is 501 g/mol. The number of carbonyl (C=O) groups is 2. The van der Waals surface area contributed by atoms with E-state index in [1.807, 2.05) is 18.2 Å². The zero-order valence-corrected chi connectivity index (χ0v) is 20.9. The van der Waals surface area contributed by atoms with E-state index in [-0.39, 0.29) is 17.4 Å². The lowest BCUT2D eigenvalue weighted by molar-refractivity contribution is -0.123. The second-order valence-corrected chi connectivity index (χ2v) is 9.02. The minimum atomic E-state index is -0.512. The molecule has 2 aromatic heterocycles. The van der Waals surface area contributed by atoms with Crippen molar-refractivity contribution in [3.8, 4) is 22.8 Å². The molecule has 1 aliphatic rings. The number of rotatable bonds is 6. The number of anilines is 1. The number of fused-ring (bicyclic) bond motifs is 1. The quantitative estimate of drug-likeness (QED) is 0.250. The normalized spacial score (nSPS) is 15.0. The van der Waals surface area contributed by atoms with Gasteiger partial charge in [-0.25, -0.2) is 19.0 Å². The average Bonchev–Trinajstić information content (AvgIpc) is 3.33. The van der Waals surface area contributed by atoms with Gasteiger partial charge in [-0.1, -0.05) is 30.4 Å². The Kier molecular flexibility index (Phi) is 7.30. The van der Waals surface area contributed by atoms with Crippen molar-refractivity contribution in [1.29, 1.82) is 0 Å². The number of nitrogens with one attached hydrogen (secondary N) is 2. The van der Waals surface area contributed by atoms with E-state index in [2.05, 4.69) is 27.4 Å². The van der Waals surface area contributed by atoms with Gasteiger partial charge in [0.25, 0.3) is 11.8 Å². The van der Waals surface area contributed by atoms with Crippen molar-refractivity contribution in [3.05, 3.63) is 85.0 Å². The van der Waals surface area contributed by atoms with Crippen LogP contribution in [0.5, 0.6) is 11.5 Å². The van der Waals surface area contributed by atoms with Crippen LogP contribution in [0, 0.1) is 5.82 Å². The van der Waals surface area contributed by atoms with Gasteiger partial charge in [-0.3, -0.25) is 20.4 Å². The third kappa shape index (κ3) is 5.61. The number of nitrogens with two attached hydrogens (primary N) is 1. The van der Waals surface area contributed by atoms with E-state index in [0.717, 1.165) is 11.6 Å². The number of nitrogen functional groups attached to an aromatic ring is 1. The molecular formula is C28H26FN7O3. The Bertz CT molecular complexity index is 1570. The van der Waals surface area contributed by atoms with Gasteiger partial charge in [0.2, 0.25) is 0 Å². The Balaban J connectivity index is 1.38. The number of benzene rings is 2. The van der Waals surface area contributed by atoms with Gasteiger partial charge < -0.3 is 10.5 Å². The van der Waals surface area contributed by atoms with Crippen molar-refractivity contribution in [1.82, 2.24) is 30.6 Å². The summed E-state index contributed by atoms with van der Waals surface area (Å²) < 4.78 is 22.9. The molecule has 0 unspecified atom stereocenters. The molecule has 5 rings (SSSR count). The van der Waals surface area contributed by atoms with Crippen molar-refractivity contribution in [2.45, 2.75) is 31.7 Å². The van der Waals surface area contributed by atoms with Crippen LogP contribution in [0.1, 0.15) is 31.7 Å². The highest BCUT2D eigenvalue weighted by molar-refractivity contribution is 5.98. The van der Waals surface area contributed by atoms with Crippen molar-refractivity contribution in [3.63, 3.8) is 0 Å². The highest BCUT2D eigenvalue weighted by atomic mass is 19.1. The Labute approximate surface area is 223 Å². The smallest absolute Gasteiger partial charge is 0.262 e. The van der Waals surface area contributed by atoms with E-state index in [1.54, 1.807) is 28.9 Å². The summed E-state index contributed by atoms with van der Waals surface area (Å²) in [5.41, 5.74) is 12.9. The Morgan fingerprint density at radius 2 is 1.79 bits per heavy atom. The number of amides is 2. The maximum atomic E-state index is 15.4. The van der Waals surface area contributed by atoms with E-state index in [1.165, 1.54) is 18.5 Å². The topological polar surface area (TPSA) is 137 Å². The lowest BCUT2D eigenvalue weighted by Gasteiger charge is -2.24. The summed E-state index contributed by atoms with van der Waals surface area (Å²) in [5.74, 6) is -0.262. The lowest BCUT2D eigenvalue weighted by atomic mass is 9.90. The molecule has 2 aromatic carbocycles. The van der Waals surface area contributed by atoms with Gasteiger partial charge >= 0.3 is 0 Å². The number of allylic oxidation sites excluding steroid dienone is 1. The van der Waals surface area contributed by atoms with E-state index in [4.69, 9.17) is 15.6 Å². The molecule has 0 aliphatic heterocycles. The monoisotopic (exact) mass is 527 g/mol. The van der Waals surface area contributed by atoms with Gasteiger partial charge in [-0.05, 0) is 56.0 Å². The Hall–Kier alpha value is -5.06. The standard InChI is InChI=1S/C28H26FN7O3/c1-2-23(37)33-34-24(38)14-17-8-10-18(11-9-17)36-28-25(27(30)31-16-32-28)26(35-36)21-13-12-20(15-22(21)29)39-19-6-4-3-5-7-19/h2-7,12-16,18H,1,8-11H2,(H,33,37)(H,34,38)(H2,30,31,32). The molecule has 10 nitrogen and oxygen atoms in total. The zero-order chi connectivity index (χ0) is 27.4. The number of hydrazine groups is 1. The molecule has 2 heterocycles. The van der Waals surface area contributed by atoms with Crippen LogP contribution in [-0.2, 0) is 9.59 Å². The van der Waals surface area contributed by atoms with Crippen molar-refractivity contribution < 1.29 is 18.7 Å². The summed E-state index contributed by atoms with van der Waals surface area (Å²) in [4.78, 5) is 31.8. The minimum Gasteiger partial charge on any atom is -0.457 e. The van der Waals surface area contributed by atoms with Crippen LogP contribution < -0.4 is 21.3 Å².